The summed E-state index contributed by atoms with van der Waals surface area (Å²) in [5.74, 6) is 0.512. The van der Waals surface area contributed by atoms with Crippen molar-refractivity contribution in [3.05, 3.63) is 64.4 Å². The number of H-pyrrole nitrogens is 1. The first-order chi connectivity index (χ1) is 11.4. The van der Waals surface area contributed by atoms with Gasteiger partial charge in [0, 0.05) is 11.1 Å². The first-order valence-electron chi connectivity index (χ1n) is 7.19. The first kappa shape index (κ1) is 15.0. The molecule has 0 fully saturated rings. The summed E-state index contributed by atoms with van der Waals surface area (Å²) in [5.41, 5.74) is 2.38. The minimum Gasteiger partial charge on any atom is -0.472 e. The van der Waals surface area contributed by atoms with Gasteiger partial charge in [0.2, 0.25) is 5.88 Å². The number of benzene rings is 2. The fraction of sp³-hybridized carbons (Fsp3) is 0.118. The van der Waals surface area contributed by atoms with E-state index in [1.165, 1.54) is 12.1 Å². The zero-order valence-corrected chi connectivity index (χ0v) is 13.0. The molecule has 3 aromatic rings. The minimum absolute atomic E-state index is 0.385. The van der Waals surface area contributed by atoms with Gasteiger partial charge in [-0.2, -0.15) is 13.2 Å². The van der Waals surface area contributed by atoms with Crippen LogP contribution in [0.15, 0.2) is 48.5 Å². The Balaban J connectivity index is 1.84. The van der Waals surface area contributed by atoms with Gasteiger partial charge in [0.15, 0.2) is 4.77 Å². The molecular weight excluding hydrogens is 337 g/mol. The maximum Gasteiger partial charge on any atom is 0.416 e. The monoisotopic (exact) mass is 348 g/mol. The number of ether oxygens (including phenoxy) is 1. The van der Waals surface area contributed by atoms with Crippen molar-refractivity contribution in [2.45, 2.75) is 12.8 Å². The number of fused-ring (bicyclic) bond motifs is 3. The Labute approximate surface area is 140 Å². The molecule has 3 nitrogen and oxygen atoms in total. The van der Waals surface area contributed by atoms with Crippen LogP contribution in [-0.4, -0.2) is 9.55 Å². The standard InChI is InChI=1S/C17H11F3N2OS/c18-17(19,20)12-7-5-10(6-8-12)14-15-22(16(24)21-14)13-4-2-1-3-11(13)9-23-15/h1-8H,9H2,(H,21,24). The second kappa shape index (κ2) is 5.24. The molecule has 0 saturated heterocycles. The van der Waals surface area contributed by atoms with Gasteiger partial charge in [-0.05, 0) is 30.4 Å². The molecule has 1 aliphatic heterocycles. The van der Waals surface area contributed by atoms with Crippen molar-refractivity contribution in [2.75, 3.05) is 0 Å². The predicted octanol–water partition coefficient (Wildman–Crippen LogP) is 5.11. The number of imidazole rings is 1. The van der Waals surface area contributed by atoms with E-state index in [0.717, 1.165) is 23.4 Å². The third kappa shape index (κ3) is 2.32. The van der Waals surface area contributed by atoms with Crippen molar-refractivity contribution < 1.29 is 17.9 Å². The molecule has 0 radical (unpaired) electrons. The number of alkyl halides is 3. The van der Waals surface area contributed by atoms with Crippen LogP contribution >= 0.6 is 12.2 Å². The average Bonchev–Trinajstić information content (AvgIpc) is 2.91. The Morgan fingerprint density at radius 2 is 1.75 bits per heavy atom. The van der Waals surface area contributed by atoms with Gasteiger partial charge in [-0.25, -0.2) is 0 Å². The van der Waals surface area contributed by atoms with Gasteiger partial charge < -0.3 is 9.72 Å². The van der Waals surface area contributed by atoms with E-state index >= 15 is 0 Å². The van der Waals surface area contributed by atoms with Crippen molar-refractivity contribution >= 4 is 12.2 Å². The number of halogens is 3. The summed E-state index contributed by atoms with van der Waals surface area (Å²) in [6.07, 6.45) is -4.36. The second-order valence-electron chi connectivity index (χ2n) is 5.44. The van der Waals surface area contributed by atoms with E-state index in [1.807, 2.05) is 24.3 Å². The molecule has 0 amide bonds. The molecule has 0 bridgehead atoms. The predicted molar refractivity (Wildman–Crippen MR) is 85.7 cm³/mol. The van der Waals surface area contributed by atoms with E-state index in [4.69, 9.17) is 17.0 Å². The SMILES string of the molecule is FC(F)(F)c1ccc(-c2[nH]c(=S)n3c2OCc2ccccc2-3)cc1. The molecule has 0 aliphatic carbocycles. The van der Waals surface area contributed by atoms with E-state index < -0.39 is 11.7 Å². The summed E-state index contributed by atoms with van der Waals surface area (Å²) in [7, 11) is 0. The minimum atomic E-state index is -4.36. The molecule has 7 heteroatoms. The molecule has 1 aliphatic rings. The molecule has 2 aromatic carbocycles. The van der Waals surface area contributed by atoms with Crippen molar-refractivity contribution in [3.63, 3.8) is 0 Å². The Kier molecular flexibility index (Phi) is 3.28. The molecule has 0 spiro atoms. The number of hydrogen-bond donors (Lipinski definition) is 1. The summed E-state index contributed by atoms with van der Waals surface area (Å²) in [5, 5.41) is 0. The normalized spacial score (nSPS) is 13.1. The number of nitrogens with zero attached hydrogens (tertiary/aromatic N) is 1. The molecule has 4 rings (SSSR count). The zero-order chi connectivity index (χ0) is 16.9. The average molecular weight is 348 g/mol. The van der Waals surface area contributed by atoms with Crippen molar-refractivity contribution in [1.29, 1.82) is 0 Å². The van der Waals surface area contributed by atoms with Crippen LogP contribution in [0.25, 0.3) is 16.9 Å². The molecule has 1 aromatic heterocycles. The third-order valence-corrected chi connectivity index (χ3v) is 4.23. The largest absolute Gasteiger partial charge is 0.472 e. The summed E-state index contributed by atoms with van der Waals surface area (Å²) in [6, 6.07) is 12.6. The Morgan fingerprint density at radius 3 is 2.46 bits per heavy atom. The van der Waals surface area contributed by atoms with Crippen molar-refractivity contribution in [3.8, 4) is 22.8 Å². The summed E-state index contributed by atoms with van der Waals surface area (Å²) in [6.45, 7) is 0.385. The van der Waals surface area contributed by atoms with Crippen LogP contribution in [0.3, 0.4) is 0 Å². The molecule has 122 valence electrons. The van der Waals surface area contributed by atoms with Gasteiger partial charge in [-0.1, -0.05) is 30.3 Å². The highest BCUT2D eigenvalue weighted by atomic mass is 32.1. The lowest BCUT2D eigenvalue weighted by molar-refractivity contribution is -0.137. The highest BCUT2D eigenvalue weighted by Gasteiger charge is 2.30. The smallest absolute Gasteiger partial charge is 0.416 e. The van der Waals surface area contributed by atoms with Gasteiger partial charge >= 0.3 is 6.18 Å². The van der Waals surface area contributed by atoms with Crippen LogP contribution in [0.5, 0.6) is 5.88 Å². The van der Waals surface area contributed by atoms with Gasteiger partial charge in [0.05, 0.1) is 11.3 Å². The maximum absolute atomic E-state index is 12.7. The van der Waals surface area contributed by atoms with E-state index in [2.05, 4.69) is 4.98 Å². The number of nitrogens with one attached hydrogen (secondary N) is 1. The number of aromatic amines is 1. The Morgan fingerprint density at radius 1 is 1.04 bits per heavy atom. The lowest BCUT2D eigenvalue weighted by Gasteiger charge is -2.20. The zero-order valence-electron chi connectivity index (χ0n) is 12.2. The third-order valence-electron chi connectivity index (χ3n) is 3.95. The highest BCUT2D eigenvalue weighted by Crippen LogP contribution is 2.38. The molecule has 24 heavy (non-hydrogen) atoms. The van der Waals surface area contributed by atoms with Crippen molar-refractivity contribution in [1.82, 2.24) is 9.55 Å². The van der Waals surface area contributed by atoms with E-state index in [1.54, 1.807) is 4.57 Å². The summed E-state index contributed by atoms with van der Waals surface area (Å²) >= 11 is 5.37. The fourth-order valence-corrected chi connectivity index (χ4v) is 3.08. The van der Waals surface area contributed by atoms with E-state index in [9.17, 15) is 13.2 Å². The molecule has 1 N–H and O–H groups in total. The summed E-state index contributed by atoms with van der Waals surface area (Å²) in [4.78, 5) is 3.04. The lowest BCUT2D eigenvalue weighted by atomic mass is 10.1. The molecule has 0 atom stereocenters. The van der Waals surface area contributed by atoms with Crippen LogP contribution in [-0.2, 0) is 12.8 Å². The van der Waals surface area contributed by atoms with E-state index in [0.29, 0.717) is 28.5 Å². The van der Waals surface area contributed by atoms with Crippen LogP contribution in [0.2, 0.25) is 0 Å². The quantitative estimate of drug-likeness (QED) is 0.619. The van der Waals surface area contributed by atoms with Crippen LogP contribution in [0.1, 0.15) is 11.1 Å². The molecule has 2 heterocycles. The number of aromatic nitrogens is 2. The first-order valence-corrected chi connectivity index (χ1v) is 7.60. The Bertz CT molecular complexity index is 971. The number of rotatable bonds is 1. The Hall–Kier alpha value is -2.54. The van der Waals surface area contributed by atoms with Gasteiger partial charge in [-0.15, -0.1) is 0 Å². The molecular formula is C17H11F3N2OS. The van der Waals surface area contributed by atoms with Crippen LogP contribution in [0, 0.1) is 4.77 Å². The lowest BCUT2D eigenvalue weighted by Crippen LogP contribution is -2.12. The molecule has 0 saturated carbocycles. The van der Waals surface area contributed by atoms with Gasteiger partial charge in [0.25, 0.3) is 0 Å². The van der Waals surface area contributed by atoms with Crippen LogP contribution in [0.4, 0.5) is 13.2 Å². The topological polar surface area (TPSA) is 29.9 Å². The fourth-order valence-electron chi connectivity index (χ4n) is 2.79. The molecule has 0 unspecified atom stereocenters. The van der Waals surface area contributed by atoms with Crippen molar-refractivity contribution in [2.24, 2.45) is 0 Å². The van der Waals surface area contributed by atoms with E-state index in [-0.39, 0.29) is 0 Å². The van der Waals surface area contributed by atoms with Crippen LogP contribution < -0.4 is 4.74 Å². The maximum atomic E-state index is 12.7. The highest BCUT2D eigenvalue weighted by molar-refractivity contribution is 7.71. The summed E-state index contributed by atoms with van der Waals surface area (Å²) < 4.78 is 46.1. The number of hydrogen-bond acceptors (Lipinski definition) is 2. The number of para-hydroxylation sites is 1. The van der Waals surface area contributed by atoms with Gasteiger partial charge in [0.1, 0.15) is 12.3 Å². The second-order valence-corrected chi connectivity index (χ2v) is 5.82. The van der Waals surface area contributed by atoms with Gasteiger partial charge in [-0.3, -0.25) is 4.57 Å².